The standard InChI is InChI=1S/C12H19N3OS/c13-7-10-12(9-1-2-9)14-11(17-10)8-15-3-5-16-6-4-15/h9H,1-8,13H2. The topological polar surface area (TPSA) is 51.4 Å². The summed E-state index contributed by atoms with van der Waals surface area (Å²) in [6.07, 6.45) is 2.60. The van der Waals surface area contributed by atoms with Gasteiger partial charge in [0.15, 0.2) is 0 Å². The number of nitrogens with zero attached hydrogens (tertiary/aromatic N) is 2. The fraction of sp³-hybridized carbons (Fsp3) is 0.750. The number of hydrogen-bond donors (Lipinski definition) is 1. The molecule has 1 aliphatic heterocycles. The Morgan fingerprint density at radius 3 is 2.76 bits per heavy atom. The van der Waals surface area contributed by atoms with Gasteiger partial charge in [0.25, 0.3) is 0 Å². The minimum Gasteiger partial charge on any atom is -0.379 e. The summed E-state index contributed by atoms with van der Waals surface area (Å²) >= 11 is 1.80. The maximum absolute atomic E-state index is 5.80. The van der Waals surface area contributed by atoms with Crippen LogP contribution in [0.1, 0.15) is 34.3 Å². The van der Waals surface area contributed by atoms with E-state index in [1.807, 2.05) is 0 Å². The average molecular weight is 253 g/mol. The van der Waals surface area contributed by atoms with Gasteiger partial charge >= 0.3 is 0 Å². The predicted octanol–water partition coefficient (Wildman–Crippen LogP) is 1.31. The second kappa shape index (κ2) is 5.02. The highest BCUT2D eigenvalue weighted by atomic mass is 32.1. The average Bonchev–Trinajstić information content (AvgIpc) is 3.13. The first-order valence-electron chi connectivity index (χ1n) is 6.35. The van der Waals surface area contributed by atoms with E-state index in [-0.39, 0.29) is 0 Å². The molecule has 0 radical (unpaired) electrons. The molecule has 4 nitrogen and oxygen atoms in total. The third-order valence-corrected chi connectivity index (χ3v) is 4.46. The molecule has 0 unspecified atom stereocenters. The Kier molecular flexibility index (Phi) is 3.42. The van der Waals surface area contributed by atoms with Crippen LogP contribution in [0.25, 0.3) is 0 Å². The van der Waals surface area contributed by atoms with Crippen LogP contribution in [-0.2, 0) is 17.8 Å². The molecule has 0 aromatic carbocycles. The van der Waals surface area contributed by atoms with E-state index in [0.29, 0.717) is 12.5 Å². The summed E-state index contributed by atoms with van der Waals surface area (Å²) in [7, 11) is 0. The van der Waals surface area contributed by atoms with E-state index in [1.54, 1.807) is 11.3 Å². The third-order valence-electron chi connectivity index (χ3n) is 3.38. The third kappa shape index (κ3) is 2.68. The maximum Gasteiger partial charge on any atom is 0.107 e. The Balaban J connectivity index is 1.69. The summed E-state index contributed by atoms with van der Waals surface area (Å²) in [5.74, 6) is 0.711. The molecule has 17 heavy (non-hydrogen) atoms. The van der Waals surface area contributed by atoms with Gasteiger partial charge in [-0.05, 0) is 12.8 Å². The molecule has 1 aromatic heterocycles. The first-order chi connectivity index (χ1) is 8.36. The molecule has 1 aliphatic carbocycles. The molecule has 0 atom stereocenters. The Labute approximate surface area is 106 Å². The highest BCUT2D eigenvalue weighted by Crippen LogP contribution is 2.42. The fourth-order valence-electron chi connectivity index (χ4n) is 2.25. The van der Waals surface area contributed by atoms with Crippen LogP contribution in [0.4, 0.5) is 0 Å². The highest BCUT2D eigenvalue weighted by molar-refractivity contribution is 7.11. The van der Waals surface area contributed by atoms with Gasteiger partial charge in [-0.1, -0.05) is 0 Å². The zero-order valence-electron chi connectivity index (χ0n) is 10.0. The van der Waals surface area contributed by atoms with E-state index in [1.165, 1.54) is 28.4 Å². The zero-order valence-corrected chi connectivity index (χ0v) is 10.8. The van der Waals surface area contributed by atoms with E-state index < -0.39 is 0 Å². The number of thiazole rings is 1. The van der Waals surface area contributed by atoms with Crippen LogP contribution < -0.4 is 5.73 Å². The molecule has 1 saturated heterocycles. The van der Waals surface area contributed by atoms with E-state index in [0.717, 1.165) is 32.8 Å². The molecule has 94 valence electrons. The van der Waals surface area contributed by atoms with Crippen molar-refractivity contribution in [3.05, 3.63) is 15.6 Å². The van der Waals surface area contributed by atoms with Crippen molar-refractivity contribution in [3.8, 4) is 0 Å². The maximum atomic E-state index is 5.80. The van der Waals surface area contributed by atoms with Crippen LogP contribution >= 0.6 is 11.3 Å². The summed E-state index contributed by atoms with van der Waals surface area (Å²) in [6.45, 7) is 5.36. The quantitative estimate of drug-likeness (QED) is 0.879. The van der Waals surface area contributed by atoms with Crippen LogP contribution in [0.5, 0.6) is 0 Å². The van der Waals surface area contributed by atoms with Gasteiger partial charge in [-0.25, -0.2) is 4.98 Å². The van der Waals surface area contributed by atoms with Gasteiger partial charge in [-0.3, -0.25) is 4.90 Å². The van der Waals surface area contributed by atoms with Crippen molar-refractivity contribution >= 4 is 11.3 Å². The summed E-state index contributed by atoms with van der Waals surface area (Å²) in [5, 5.41) is 1.23. The summed E-state index contributed by atoms with van der Waals surface area (Å²) < 4.78 is 5.36. The summed E-state index contributed by atoms with van der Waals surface area (Å²) in [4.78, 5) is 8.51. The van der Waals surface area contributed by atoms with Gasteiger partial charge in [-0.15, -0.1) is 11.3 Å². The molecule has 3 rings (SSSR count). The number of morpholine rings is 1. The van der Waals surface area contributed by atoms with Crippen LogP contribution in [0, 0.1) is 0 Å². The molecule has 2 fully saturated rings. The Morgan fingerprint density at radius 2 is 2.12 bits per heavy atom. The Bertz CT molecular complexity index is 383. The molecular weight excluding hydrogens is 234 g/mol. The van der Waals surface area contributed by atoms with Crippen LogP contribution in [0.2, 0.25) is 0 Å². The lowest BCUT2D eigenvalue weighted by Gasteiger charge is -2.25. The smallest absolute Gasteiger partial charge is 0.107 e. The molecule has 2 aliphatic rings. The van der Waals surface area contributed by atoms with Crippen molar-refractivity contribution in [1.29, 1.82) is 0 Å². The van der Waals surface area contributed by atoms with Crippen LogP contribution in [-0.4, -0.2) is 36.2 Å². The first-order valence-corrected chi connectivity index (χ1v) is 7.17. The van der Waals surface area contributed by atoms with E-state index >= 15 is 0 Å². The van der Waals surface area contributed by atoms with Crippen molar-refractivity contribution in [2.24, 2.45) is 5.73 Å². The van der Waals surface area contributed by atoms with Gasteiger partial charge in [0.2, 0.25) is 0 Å². The number of hydrogen-bond acceptors (Lipinski definition) is 5. The van der Waals surface area contributed by atoms with Crippen molar-refractivity contribution in [2.45, 2.75) is 31.8 Å². The van der Waals surface area contributed by atoms with Crippen molar-refractivity contribution in [2.75, 3.05) is 26.3 Å². The van der Waals surface area contributed by atoms with Crippen molar-refractivity contribution < 1.29 is 4.74 Å². The molecule has 0 amide bonds. The molecule has 1 aromatic rings. The predicted molar refractivity (Wildman–Crippen MR) is 68.1 cm³/mol. The Morgan fingerprint density at radius 1 is 1.35 bits per heavy atom. The van der Waals surface area contributed by atoms with Crippen LogP contribution in [0.3, 0.4) is 0 Å². The second-order valence-electron chi connectivity index (χ2n) is 4.78. The molecule has 1 saturated carbocycles. The Hall–Kier alpha value is -0.490. The minimum atomic E-state index is 0.645. The van der Waals surface area contributed by atoms with Gasteiger partial charge in [0.05, 0.1) is 25.5 Å². The first kappa shape index (κ1) is 11.6. The van der Waals surface area contributed by atoms with Gasteiger partial charge in [0, 0.05) is 30.4 Å². The molecule has 0 bridgehead atoms. The van der Waals surface area contributed by atoms with E-state index in [2.05, 4.69) is 4.90 Å². The summed E-state index contributed by atoms with van der Waals surface area (Å²) in [5.41, 5.74) is 7.09. The number of aromatic nitrogens is 1. The molecule has 2 N–H and O–H groups in total. The molecule has 0 spiro atoms. The van der Waals surface area contributed by atoms with Gasteiger partial charge < -0.3 is 10.5 Å². The zero-order chi connectivity index (χ0) is 11.7. The summed E-state index contributed by atoms with van der Waals surface area (Å²) in [6, 6.07) is 0. The SMILES string of the molecule is NCc1sc(CN2CCOCC2)nc1C1CC1. The van der Waals surface area contributed by atoms with E-state index in [9.17, 15) is 0 Å². The number of nitrogens with two attached hydrogens (primary N) is 1. The second-order valence-corrected chi connectivity index (χ2v) is 5.95. The molecule has 5 heteroatoms. The molecule has 2 heterocycles. The van der Waals surface area contributed by atoms with Crippen molar-refractivity contribution in [3.63, 3.8) is 0 Å². The van der Waals surface area contributed by atoms with Crippen molar-refractivity contribution in [1.82, 2.24) is 9.88 Å². The minimum absolute atomic E-state index is 0.645. The number of rotatable bonds is 4. The van der Waals surface area contributed by atoms with Gasteiger partial charge in [0.1, 0.15) is 5.01 Å². The fourth-order valence-corrected chi connectivity index (χ4v) is 3.33. The van der Waals surface area contributed by atoms with Gasteiger partial charge in [-0.2, -0.15) is 0 Å². The molecular formula is C12H19N3OS. The van der Waals surface area contributed by atoms with E-state index in [4.69, 9.17) is 15.5 Å². The monoisotopic (exact) mass is 253 g/mol. The lowest BCUT2D eigenvalue weighted by atomic mass is 10.2. The lowest BCUT2D eigenvalue weighted by molar-refractivity contribution is 0.0341. The number of ether oxygens (including phenoxy) is 1. The largest absolute Gasteiger partial charge is 0.379 e. The normalized spacial score (nSPS) is 21.9. The lowest BCUT2D eigenvalue weighted by Crippen LogP contribution is -2.35. The highest BCUT2D eigenvalue weighted by Gasteiger charge is 2.29. The van der Waals surface area contributed by atoms with Crippen LogP contribution in [0.15, 0.2) is 0 Å².